The van der Waals surface area contributed by atoms with Crippen LogP contribution < -0.4 is 5.73 Å². The number of rotatable bonds is 5. The van der Waals surface area contributed by atoms with Crippen molar-refractivity contribution < 1.29 is 8.42 Å². The van der Waals surface area contributed by atoms with Crippen LogP contribution in [-0.4, -0.2) is 29.5 Å². The molecular weight excluding hydrogens is 352 g/mol. The zero-order chi connectivity index (χ0) is 14.0. The van der Waals surface area contributed by atoms with Gasteiger partial charge in [-0.1, -0.05) is 6.92 Å². The maximum absolute atomic E-state index is 12.4. The van der Waals surface area contributed by atoms with Crippen LogP contribution in [0.4, 0.5) is 5.82 Å². The molecule has 0 fully saturated rings. The Labute approximate surface area is 123 Å². The third-order valence-corrected chi connectivity index (χ3v) is 6.12. The number of nitrogens with zero attached hydrogens (tertiary/aromatic N) is 2. The van der Waals surface area contributed by atoms with Crippen molar-refractivity contribution in [3.8, 4) is 0 Å². The molecule has 3 N–H and O–H groups in total. The average Bonchev–Trinajstić information content (AvgIpc) is 2.95. The SMILES string of the molecule is CCN(Cc1ccc(Br)s1)S(=O)(=O)c1cn[nH]c1N. The normalized spacial score (nSPS) is 12.2. The van der Waals surface area contributed by atoms with Crippen molar-refractivity contribution in [1.29, 1.82) is 0 Å². The summed E-state index contributed by atoms with van der Waals surface area (Å²) in [6.07, 6.45) is 1.23. The van der Waals surface area contributed by atoms with Gasteiger partial charge in [-0.2, -0.15) is 9.40 Å². The molecule has 9 heteroatoms. The third-order valence-electron chi connectivity index (χ3n) is 2.56. The summed E-state index contributed by atoms with van der Waals surface area (Å²) >= 11 is 4.87. The first-order valence-corrected chi connectivity index (χ1v) is 8.53. The second-order valence-electron chi connectivity index (χ2n) is 3.78. The van der Waals surface area contributed by atoms with Gasteiger partial charge in [-0.3, -0.25) is 5.10 Å². The molecule has 0 aliphatic heterocycles. The smallest absolute Gasteiger partial charge is 0.248 e. The number of hydrogen-bond donors (Lipinski definition) is 2. The van der Waals surface area contributed by atoms with Gasteiger partial charge in [-0.15, -0.1) is 11.3 Å². The predicted octanol–water partition coefficient (Wildman–Crippen LogP) is 2.03. The monoisotopic (exact) mass is 364 g/mol. The predicted molar refractivity (Wildman–Crippen MR) is 78.3 cm³/mol. The molecule has 0 aliphatic rings. The third kappa shape index (κ3) is 2.99. The van der Waals surface area contributed by atoms with Crippen molar-refractivity contribution in [3.63, 3.8) is 0 Å². The van der Waals surface area contributed by atoms with Crippen LogP contribution in [0.1, 0.15) is 11.8 Å². The van der Waals surface area contributed by atoms with Crippen LogP contribution in [0.5, 0.6) is 0 Å². The molecular formula is C10H13BrN4O2S2. The first-order valence-electron chi connectivity index (χ1n) is 5.48. The molecule has 0 saturated heterocycles. The highest BCUT2D eigenvalue weighted by molar-refractivity contribution is 9.11. The largest absolute Gasteiger partial charge is 0.383 e. The van der Waals surface area contributed by atoms with Crippen molar-refractivity contribution >= 4 is 43.1 Å². The number of halogens is 1. The molecule has 19 heavy (non-hydrogen) atoms. The Hall–Kier alpha value is -0.900. The van der Waals surface area contributed by atoms with Gasteiger partial charge in [0.15, 0.2) is 0 Å². The van der Waals surface area contributed by atoms with Crippen LogP contribution in [0.2, 0.25) is 0 Å². The maximum atomic E-state index is 12.4. The Morgan fingerprint density at radius 3 is 2.74 bits per heavy atom. The van der Waals surface area contributed by atoms with Crippen LogP contribution in [0, 0.1) is 0 Å². The standard InChI is InChI=1S/C10H13BrN4O2S2/c1-2-15(6-7-3-4-9(11)18-7)19(16,17)8-5-13-14-10(8)12/h3-5H,2,6H2,1H3,(H3,12,13,14). The van der Waals surface area contributed by atoms with Crippen LogP contribution in [-0.2, 0) is 16.6 Å². The quantitative estimate of drug-likeness (QED) is 0.848. The van der Waals surface area contributed by atoms with Gasteiger partial charge in [0.1, 0.15) is 10.7 Å². The van der Waals surface area contributed by atoms with E-state index in [2.05, 4.69) is 26.1 Å². The average molecular weight is 365 g/mol. The molecule has 0 atom stereocenters. The maximum Gasteiger partial charge on any atom is 0.248 e. The van der Waals surface area contributed by atoms with Crippen molar-refractivity contribution in [2.24, 2.45) is 0 Å². The van der Waals surface area contributed by atoms with E-state index in [0.29, 0.717) is 13.1 Å². The number of nitrogens with one attached hydrogen (secondary N) is 1. The van der Waals surface area contributed by atoms with Gasteiger partial charge in [0, 0.05) is 18.0 Å². The van der Waals surface area contributed by atoms with Gasteiger partial charge >= 0.3 is 0 Å². The molecule has 0 bridgehead atoms. The summed E-state index contributed by atoms with van der Waals surface area (Å²) in [6, 6.07) is 3.79. The molecule has 6 nitrogen and oxygen atoms in total. The molecule has 0 radical (unpaired) electrons. The molecule has 0 aliphatic carbocycles. The minimum atomic E-state index is -3.62. The Balaban J connectivity index is 2.29. The van der Waals surface area contributed by atoms with E-state index in [1.54, 1.807) is 6.92 Å². The zero-order valence-corrected chi connectivity index (χ0v) is 13.3. The van der Waals surface area contributed by atoms with Gasteiger partial charge in [-0.05, 0) is 28.1 Å². The molecule has 2 aromatic heterocycles. The summed E-state index contributed by atoms with van der Waals surface area (Å²) in [6.45, 7) is 2.47. The number of aromatic amines is 1. The molecule has 2 aromatic rings. The highest BCUT2D eigenvalue weighted by atomic mass is 79.9. The fourth-order valence-corrected chi connectivity index (χ4v) is 4.62. The van der Waals surface area contributed by atoms with E-state index in [1.807, 2.05) is 12.1 Å². The Bertz CT molecular complexity index is 665. The van der Waals surface area contributed by atoms with Crippen molar-refractivity contribution in [1.82, 2.24) is 14.5 Å². The fourth-order valence-electron chi connectivity index (χ4n) is 1.61. The summed E-state index contributed by atoms with van der Waals surface area (Å²) in [5, 5.41) is 6.09. The van der Waals surface area contributed by atoms with Gasteiger partial charge in [0.2, 0.25) is 10.0 Å². The van der Waals surface area contributed by atoms with Gasteiger partial charge in [-0.25, -0.2) is 8.42 Å². The van der Waals surface area contributed by atoms with E-state index in [9.17, 15) is 8.42 Å². The number of nitrogen functional groups attached to an aromatic ring is 1. The minimum absolute atomic E-state index is 0.0185. The van der Waals surface area contributed by atoms with E-state index in [0.717, 1.165) is 8.66 Å². The summed E-state index contributed by atoms with van der Waals surface area (Å²) in [7, 11) is -3.62. The lowest BCUT2D eigenvalue weighted by molar-refractivity contribution is 0.426. The Kier molecular flexibility index (Phi) is 4.29. The van der Waals surface area contributed by atoms with E-state index >= 15 is 0 Å². The number of aromatic nitrogens is 2. The van der Waals surface area contributed by atoms with Crippen LogP contribution in [0.3, 0.4) is 0 Å². The zero-order valence-electron chi connectivity index (χ0n) is 10.1. The minimum Gasteiger partial charge on any atom is -0.383 e. The van der Waals surface area contributed by atoms with Crippen LogP contribution in [0.25, 0.3) is 0 Å². The summed E-state index contributed by atoms with van der Waals surface area (Å²) in [5.41, 5.74) is 5.59. The van der Waals surface area contributed by atoms with Gasteiger partial charge < -0.3 is 5.73 Å². The molecule has 0 aromatic carbocycles. The van der Waals surface area contributed by atoms with E-state index < -0.39 is 10.0 Å². The second kappa shape index (κ2) is 5.61. The van der Waals surface area contributed by atoms with Crippen LogP contribution in [0.15, 0.2) is 27.0 Å². The fraction of sp³-hybridized carbons (Fsp3) is 0.300. The second-order valence-corrected chi connectivity index (χ2v) is 8.24. The van der Waals surface area contributed by atoms with E-state index in [1.165, 1.54) is 21.8 Å². The number of hydrogen-bond acceptors (Lipinski definition) is 5. The Morgan fingerprint density at radius 1 is 1.53 bits per heavy atom. The molecule has 2 heterocycles. The van der Waals surface area contributed by atoms with Crippen molar-refractivity contribution in [3.05, 3.63) is 27.0 Å². The highest BCUT2D eigenvalue weighted by Crippen LogP contribution is 2.26. The number of sulfonamides is 1. The number of nitrogens with two attached hydrogens (primary N) is 1. The number of H-pyrrole nitrogens is 1. The van der Waals surface area contributed by atoms with Gasteiger partial charge in [0.05, 0.1) is 9.98 Å². The number of thiophene rings is 1. The van der Waals surface area contributed by atoms with Crippen molar-refractivity contribution in [2.75, 3.05) is 12.3 Å². The molecule has 0 spiro atoms. The van der Waals surface area contributed by atoms with Gasteiger partial charge in [0.25, 0.3) is 0 Å². The lowest BCUT2D eigenvalue weighted by Crippen LogP contribution is -2.30. The molecule has 0 unspecified atom stereocenters. The molecule has 104 valence electrons. The topological polar surface area (TPSA) is 92.1 Å². The van der Waals surface area contributed by atoms with Crippen molar-refractivity contribution in [2.45, 2.75) is 18.4 Å². The summed E-state index contributed by atoms with van der Waals surface area (Å²) in [4.78, 5) is 0.976. The molecule has 0 amide bonds. The number of anilines is 1. The molecule has 2 rings (SSSR count). The van der Waals surface area contributed by atoms with E-state index in [4.69, 9.17) is 5.73 Å². The van der Waals surface area contributed by atoms with E-state index in [-0.39, 0.29) is 10.7 Å². The molecule has 0 saturated carbocycles. The first kappa shape index (κ1) is 14.5. The summed E-state index contributed by atoms with van der Waals surface area (Å²) < 4.78 is 27.2. The lowest BCUT2D eigenvalue weighted by atomic mass is 10.4. The first-order chi connectivity index (χ1) is 8.95. The lowest BCUT2D eigenvalue weighted by Gasteiger charge is -2.19. The van der Waals surface area contributed by atoms with Crippen LogP contribution >= 0.6 is 27.3 Å². The summed E-state index contributed by atoms with van der Waals surface area (Å²) in [5.74, 6) is 0.0609. The Morgan fingerprint density at radius 2 is 2.26 bits per heavy atom. The highest BCUT2D eigenvalue weighted by Gasteiger charge is 2.27.